The second-order valence-electron chi connectivity index (χ2n) is 4.59. The first-order valence-corrected chi connectivity index (χ1v) is 5.33. The molecule has 0 saturated carbocycles. The summed E-state index contributed by atoms with van der Waals surface area (Å²) in [5, 5.41) is 16.7. The third-order valence-corrected chi connectivity index (χ3v) is 2.62. The highest BCUT2D eigenvalue weighted by atomic mass is 16.5. The average Bonchev–Trinajstić information content (AvgIpc) is 2.50. The molecular formula is C11H21N3O2. The van der Waals surface area contributed by atoms with Gasteiger partial charge in [-0.25, -0.2) is 4.68 Å². The van der Waals surface area contributed by atoms with E-state index in [1.54, 1.807) is 11.8 Å². The number of nitrogens with zero attached hydrogens (tertiary/aromatic N) is 2. The summed E-state index contributed by atoms with van der Waals surface area (Å²) in [5.74, 6) is 0.763. The fourth-order valence-corrected chi connectivity index (χ4v) is 1.52. The number of hydrogen-bond acceptors (Lipinski definition) is 4. The third kappa shape index (κ3) is 2.74. The van der Waals surface area contributed by atoms with Gasteiger partial charge in [0.05, 0.1) is 25.0 Å². The van der Waals surface area contributed by atoms with Crippen LogP contribution >= 0.6 is 0 Å². The van der Waals surface area contributed by atoms with Crippen LogP contribution in [-0.2, 0) is 13.6 Å². The monoisotopic (exact) mass is 227 g/mol. The van der Waals surface area contributed by atoms with Gasteiger partial charge in [0.2, 0.25) is 5.88 Å². The summed E-state index contributed by atoms with van der Waals surface area (Å²) in [6.07, 6.45) is 0. The molecule has 5 nitrogen and oxygen atoms in total. The highest BCUT2D eigenvalue weighted by Crippen LogP contribution is 2.21. The SMILES string of the molecule is COc1c(CNC(C)(C)CO)c(C)nn1C. The minimum absolute atomic E-state index is 0.0919. The predicted octanol–water partition coefficient (Wildman–Crippen LogP) is 0.598. The maximum atomic E-state index is 9.16. The first-order valence-electron chi connectivity index (χ1n) is 5.33. The summed E-state index contributed by atoms with van der Waals surface area (Å²) in [7, 11) is 3.49. The molecule has 1 rings (SSSR count). The lowest BCUT2D eigenvalue weighted by atomic mass is 10.1. The number of hydrogen-bond donors (Lipinski definition) is 2. The molecule has 0 radical (unpaired) electrons. The van der Waals surface area contributed by atoms with Crippen molar-refractivity contribution in [2.45, 2.75) is 32.9 Å². The maximum Gasteiger partial charge on any atom is 0.216 e. The van der Waals surface area contributed by atoms with Crippen LogP contribution in [0.25, 0.3) is 0 Å². The van der Waals surface area contributed by atoms with E-state index in [0.29, 0.717) is 6.54 Å². The molecule has 1 heterocycles. The smallest absolute Gasteiger partial charge is 0.216 e. The van der Waals surface area contributed by atoms with Crippen molar-refractivity contribution in [2.75, 3.05) is 13.7 Å². The molecule has 0 aromatic carbocycles. The molecule has 0 spiro atoms. The molecular weight excluding hydrogens is 206 g/mol. The van der Waals surface area contributed by atoms with Crippen molar-refractivity contribution in [3.8, 4) is 5.88 Å². The van der Waals surface area contributed by atoms with Crippen molar-refractivity contribution in [3.05, 3.63) is 11.3 Å². The van der Waals surface area contributed by atoms with Gasteiger partial charge in [-0.1, -0.05) is 0 Å². The Morgan fingerprint density at radius 3 is 2.62 bits per heavy atom. The van der Waals surface area contributed by atoms with Crippen LogP contribution in [-0.4, -0.2) is 34.1 Å². The highest BCUT2D eigenvalue weighted by molar-refractivity contribution is 5.30. The van der Waals surface area contributed by atoms with Gasteiger partial charge in [0.1, 0.15) is 0 Å². The normalized spacial score (nSPS) is 11.9. The van der Waals surface area contributed by atoms with Crippen LogP contribution in [0, 0.1) is 6.92 Å². The Morgan fingerprint density at radius 2 is 2.12 bits per heavy atom. The number of aryl methyl sites for hydroxylation is 2. The third-order valence-electron chi connectivity index (χ3n) is 2.62. The molecule has 16 heavy (non-hydrogen) atoms. The largest absolute Gasteiger partial charge is 0.481 e. The van der Waals surface area contributed by atoms with E-state index in [9.17, 15) is 0 Å². The molecule has 2 N–H and O–H groups in total. The zero-order chi connectivity index (χ0) is 12.3. The lowest BCUT2D eigenvalue weighted by Crippen LogP contribution is -2.42. The summed E-state index contributed by atoms with van der Waals surface area (Å²) in [6.45, 7) is 6.58. The van der Waals surface area contributed by atoms with Gasteiger partial charge >= 0.3 is 0 Å². The van der Waals surface area contributed by atoms with Gasteiger partial charge < -0.3 is 15.2 Å². The molecule has 0 aliphatic carbocycles. The summed E-state index contributed by atoms with van der Waals surface area (Å²) >= 11 is 0. The lowest BCUT2D eigenvalue weighted by Gasteiger charge is -2.23. The van der Waals surface area contributed by atoms with E-state index < -0.39 is 0 Å². The summed E-state index contributed by atoms with van der Waals surface area (Å²) < 4.78 is 7.01. The molecule has 0 saturated heterocycles. The van der Waals surface area contributed by atoms with Crippen LogP contribution in [0.1, 0.15) is 25.1 Å². The summed E-state index contributed by atoms with van der Waals surface area (Å²) in [4.78, 5) is 0. The van der Waals surface area contributed by atoms with Gasteiger partial charge in [0.25, 0.3) is 0 Å². The van der Waals surface area contributed by atoms with E-state index in [-0.39, 0.29) is 12.1 Å². The van der Waals surface area contributed by atoms with E-state index in [1.165, 1.54) is 0 Å². The molecule has 0 unspecified atom stereocenters. The number of nitrogens with one attached hydrogen (secondary N) is 1. The van der Waals surface area contributed by atoms with Crippen LogP contribution in [0.15, 0.2) is 0 Å². The van der Waals surface area contributed by atoms with Gasteiger partial charge in [-0.05, 0) is 20.8 Å². The Hall–Kier alpha value is -1.07. The molecule has 0 fully saturated rings. The molecule has 0 aliphatic heterocycles. The number of aliphatic hydroxyl groups excluding tert-OH is 1. The minimum atomic E-state index is -0.298. The topological polar surface area (TPSA) is 59.3 Å². The van der Waals surface area contributed by atoms with Crippen LogP contribution in [0.3, 0.4) is 0 Å². The maximum absolute atomic E-state index is 9.16. The van der Waals surface area contributed by atoms with E-state index >= 15 is 0 Å². The van der Waals surface area contributed by atoms with Crippen LogP contribution in [0.2, 0.25) is 0 Å². The van der Waals surface area contributed by atoms with Gasteiger partial charge in [-0.15, -0.1) is 0 Å². The van der Waals surface area contributed by atoms with Crippen molar-refractivity contribution >= 4 is 0 Å². The number of ether oxygens (including phenoxy) is 1. The fraction of sp³-hybridized carbons (Fsp3) is 0.727. The Morgan fingerprint density at radius 1 is 1.50 bits per heavy atom. The zero-order valence-electron chi connectivity index (χ0n) is 10.7. The Bertz CT molecular complexity index is 358. The number of rotatable bonds is 5. The van der Waals surface area contributed by atoms with Gasteiger partial charge in [0.15, 0.2) is 0 Å². The number of methoxy groups -OCH3 is 1. The number of aromatic nitrogens is 2. The van der Waals surface area contributed by atoms with Gasteiger partial charge in [-0.2, -0.15) is 5.10 Å². The quantitative estimate of drug-likeness (QED) is 0.773. The minimum Gasteiger partial charge on any atom is -0.481 e. The summed E-state index contributed by atoms with van der Waals surface area (Å²) in [5.41, 5.74) is 1.68. The van der Waals surface area contributed by atoms with Crippen molar-refractivity contribution in [1.82, 2.24) is 15.1 Å². The van der Waals surface area contributed by atoms with Crippen molar-refractivity contribution in [2.24, 2.45) is 7.05 Å². The first kappa shape index (κ1) is 13.0. The van der Waals surface area contributed by atoms with Crippen molar-refractivity contribution in [1.29, 1.82) is 0 Å². The van der Waals surface area contributed by atoms with E-state index in [1.807, 2.05) is 27.8 Å². The molecule has 92 valence electrons. The molecule has 0 bridgehead atoms. The highest BCUT2D eigenvalue weighted by Gasteiger charge is 2.19. The van der Waals surface area contributed by atoms with Crippen molar-refractivity contribution < 1.29 is 9.84 Å². The van der Waals surface area contributed by atoms with Crippen LogP contribution in [0.5, 0.6) is 5.88 Å². The summed E-state index contributed by atoms with van der Waals surface area (Å²) in [6, 6.07) is 0. The molecule has 5 heteroatoms. The lowest BCUT2D eigenvalue weighted by molar-refractivity contribution is 0.187. The molecule has 0 aliphatic rings. The molecule has 0 amide bonds. The van der Waals surface area contributed by atoms with Crippen LogP contribution in [0.4, 0.5) is 0 Å². The Balaban J connectivity index is 2.81. The van der Waals surface area contributed by atoms with E-state index in [4.69, 9.17) is 9.84 Å². The Labute approximate surface area is 96.4 Å². The number of aliphatic hydroxyl groups is 1. The molecule has 1 aromatic rings. The standard InChI is InChI=1S/C11H21N3O2/c1-8-9(6-12-11(2,3)7-15)10(16-5)14(4)13-8/h12,15H,6-7H2,1-5H3. The van der Waals surface area contributed by atoms with E-state index in [2.05, 4.69) is 10.4 Å². The van der Waals surface area contributed by atoms with Gasteiger partial charge in [0, 0.05) is 19.1 Å². The predicted molar refractivity (Wildman–Crippen MR) is 62.5 cm³/mol. The fourth-order valence-electron chi connectivity index (χ4n) is 1.52. The second kappa shape index (κ2) is 4.84. The van der Waals surface area contributed by atoms with Gasteiger partial charge in [-0.3, -0.25) is 0 Å². The van der Waals surface area contributed by atoms with Crippen molar-refractivity contribution in [3.63, 3.8) is 0 Å². The average molecular weight is 227 g/mol. The molecule has 0 atom stereocenters. The Kier molecular flexibility index (Phi) is 3.93. The second-order valence-corrected chi connectivity index (χ2v) is 4.59. The van der Waals surface area contributed by atoms with E-state index in [0.717, 1.165) is 17.1 Å². The van der Waals surface area contributed by atoms with Crippen LogP contribution < -0.4 is 10.1 Å². The first-order chi connectivity index (χ1) is 7.41. The molecule has 1 aromatic heterocycles. The zero-order valence-corrected chi connectivity index (χ0v) is 10.7.